The first kappa shape index (κ1) is 5.61. The predicted molar refractivity (Wildman–Crippen MR) is 27.9 cm³/mol. The molecule has 0 bridgehead atoms. The van der Waals surface area contributed by atoms with Crippen LogP contribution in [0.5, 0.6) is 0 Å². The van der Waals surface area contributed by atoms with Crippen LogP contribution in [0.3, 0.4) is 0 Å². The lowest BCUT2D eigenvalue weighted by Gasteiger charge is -1.83. The Morgan fingerprint density at radius 2 is 2.56 bits per heavy atom. The summed E-state index contributed by atoms with van der Waals surface area (Å²) in [5, 5.41) is 8.25. The fraction of sp³-hybridized carbons (Fsp3) is 0. The molecule has 1 aromatic rings. The number of hydrogen-bond donors (Lipinski definition) is 2. The second-order valence-corrected chi connectivity index (χ2v) is 1.37. The van der Waals surface area contributed by atoms with E-state index in [9.17, 15) is 4.79 Å². The van der Waals surface area contributed by atoms with Gasteiger partial charge < -0.3 is 15.3 Å². The summed E-state index contributed by atoms with van der Waals surface area (Å²) in [5.41, 5.74) is 4.79. The number of aromatic nitrogens is 1. The van der Waals surface area contributed by atoms with Gasteiger partial charge in [-0.05, 0) is 0 Å². The molecule has 0 aliphatic heterocycles. The largest absolute Gasteiger partial charge is 0.476 e. The number of carboxylic acid groups (broad SMARTS) is 1. The van der Waals surface area contributed by atoms with E-state index in [0.717, 1.165) is 6.39 Å². The number of nitrogen functional groups attached to an aromatic ring is 1. The highest BCUT2D eigenvalue weighted by Gasteiger charge is 2.10. The SMILES string of the molecule is Nc1ocnc1C(=O)O. The van der Waals surface area contributed by atoms with E-state index in [4.69, 9.17) is 10.8 Å². The van der Waals surface area contributed by atoms with Crippen LogP contribution < -0.4 is 5.73 Å². The number of hydrogen-bond acceptors (Lipinski definition) is 4. The highest BCUT2D eigenvalue weighted by Crippen LogP contribution is 2.06. The summed E-state index contributed by atoms with van der Waals surface area (Å²) in [6, 6.07) is 0. The Balaban J connectivity index is 3.08. The Labute approximate surface area is 50.1 Å². The normalized spacial score (nSPS) is 9.33. The number of rotatable bonds is 1. The first-order valence-electron chi connectivity index (χ1n) is 2.14. The maximum Gasteiger partial charge on any atom is 0.360 e. The van der Waals surface area contributed by atoms with Crippen molar-refractivity contribution >= 4 is 11.9 Å². The fourth-order valence-corrected chi connectivity index (χ4v) is 0.416. The molecule has 1 heterocycles. The molecule has 1 rings (SSSR count). The maximum atomic E-state index is 10.1. The average Bonchev–Trinajstić information content (AvgIpc) is 2.13. The standard InChI is InChI=1S/C4H4N2O3/c5-3-2(4(7)8)6-1-9-3/h1H,5H2,(H,7,8). The third-order valence-corrected chi connectivity index (χ3v) is 0.797. The van der Waals surface area contributed by atoms with Gasteiger partial charge in [-0.25, -0.2) is 9.78 Å². The summed E-state index contributed by atoms with van der Waals surface area (Å²) < 4.78 is 4.41. The molecule has 5 nitrogen and oxygen atoms in total. The van der Waals surface area contributed by atoms with Crippen molar-refractivity contribution in [3.8, 4) is 0 Å². The molecular formula is C4H4N2O3. The van der Waals surface area contributed by atoms with Crippen molar-refractivity contribution < 1.29 is 14.3 Å². The molecule has 0 radical (unpaired) electrons. The Morgan fingerprint density at radius 3 is 2.78 bits per heavy atom. The summed E-state index contributed by atoms with van der Waals surface area (Å²) in [4.78, 5) is 13.4. The van der Waals surface area contributed by atoms with Gasteiger partial charge in [0.15, 0.2) is 6.39 Å². The van der Waals surface area contributed by atoms with Crippen molar-refractivity contribution in [2.75, 3.05) is 5.73 Å². The average molecular weight is 128 g/mol. The van der Waals surface area contributed by atoms with Crippen LogP contribution in [0.4, 0.5) is 5.88 Å². The molecule has 0 saturated heterocycles. The van der Waals surface area contributed by atoms with Gasteiger partial charge in [0, 0.05) is 0 Å². The van der Waals surface area contributed by atoms with E-state index < -0.39 is 5.97 Å². The number of carboxylic acids is 1. The third kappa shape index (κ3) is 0.835. The van der Waals surface area contributed by atoms with Gasteiger partial charge in [0.05, 0.1) is 0 Å². The van der Waals surface area contributed by atoms with E-state index in [1.165, 1.54) is 0 Å². The minimum atomic E-state index is -1.18. The molecular weight excluding hydrogens is 124 g/mol. The number of aromatic carboxylic acids is 1. The molecule has 0 atom stereocenters. The molecule has 0 spiro atoms. The Kier molecular flexibility index (Phi) is 1.11. The van der Waals surface area contributed by atoms with Crippen molar-refractivity contribution in [3.05, 3.63) is 12.1 Å². The maximum absolute atomic E-state index is 10.1. The van der Waals surface area contributed by atoms with E-state index in [1.54, 1.807) is 0 Å². The molecule has 0 aliphatic rings. The monoisotopic (exact) mass is 128 g/mol. The topological polar surface area (TPSA) is 89.4 Å². The minimum absolute atomic E-state index is 0.164. The van der Waals surface area contributed by atoms with Crippen LogP contribution in [0.25, 0.3) is 0 Å². The van der Waals surface area contributed by atoms with E-state index in [-0.39, 0.29) is 11.6 Å². The molecule has 48 valence electrons. The van der Waals surface area contributed by atoms with Crippen molar-refractivity contribution in [2.24, 2.45) is 0 Å². The molecule has 0 unspecified atom stereocenters. The smallest absolute Gasteiger partial charge is 0.360 e. The highest BCUT2D eigenvalue weighted by atomic mass is 16.4. The van der Waals surface area contributed by atoms with E-state index in [1.807, 2.05) is 0 Å². The van der Waals surface area contributed by atoms with Crippen LogP contribution in [-0.4, -0.2) is 16.1 Å². The Hall–Kier alpha value is -1.52. The van der Waals surface area contributed by atoms with Gasteiger partial charge in [0.1, 0.15) is 0 Å². The van der Waals surface area contributed by atoms with Gasteiger partial charge in [0.25, 0.3) is 0 Å². The molecule has 0 aromatic carbocycles. The van der Waals surface area contributed by atoms with E-state index in [0.29, 0.717) is 0 Å². The Bertz CT molecular complexity index is 229. The van der Waals surface area contributed by atoms with E-state index >= 15 is 0 Å². The van der Waals surface area contributed by atoms with Gasteiger partial charge in [-0.3, -0.25) is 0 Å². The van der Waals surface area contributed by atoms with Gasteiger partial charge in [-0.2, -0.15) is 0 Å². The van der Waals surface area contributed by atoms with Crippen LogP contribution >= 0.6 is 0 Å². The van der Waals surface area contributed by atoms with Crippen molar-refractivity contribution in [3.63, 3.8) is 0 Å². The number of anilines is 1. The van der Waals surface area contributed by atoms with Crippen LogP contribution in [-0.2, 0) is 0 Å². The molecule has 5 heteroatoms. The summed E-state index contributed by atoms with van der Waals surface area (Å²) in [7, 11) is 0. The van der Waals surface area contributed by atoms with Crippen LogP contribution in [0.1, 0.15) is 10.5 Å². The van der Waals surface area contributed by atoms with Crippen molar-refractivity contribution in [2.45, 2.75) is 0 Å². The molecule has 0 aliphatic carbocycles. The molecule has 0 fully saturated rings. The highest BCUT2D eigenvalue weighted by molar-refractivity contribution is 5.89. The summed E-state index contributed by atoms with van der Waals surface area (Å²) >= 11 is 0. The van der Waals surface area contributed by atoms with Crippen molar-refractivity contribution in [1.29, 1.82) is 0 Å². The van der Waals surface area contributed by atoms with Crippen molar-refractivity contribution in [1.82, 2.24) is 4.98 Å². The molecule has 0 amide bonds. The summed E-state index contributed by atoms with van der Waals surface area (Å²) in [6.07, 6.45) is 0.985. The second-order valence-electron chi connectivity index (χ2n) is 1.37. The molecule has 0 saturated carbocycles. The predicted octanol–water partition coefficient (Wildman–Crippen LogP) is -0.0450. The first-order valence-corrected chi connectivity index (χ1v) is 2.14. The first-order chi connectivity index (χ1) is 4.22. The lowest BCUT2D eigenvalue weighted by Crippen LogP contribution is -2.00. The third-order valence-electron chi connectivity index (χ3n) is 0.797. The van der Waals surface area contributed by atoms with E-state index in [2.05, 4.69) is 9.40 Å². The number of carbonyl (C=O) groups is 1. The zero-order chi connectivity index (χ0) is 6.85. The van der Waals surface area contributed by atoms with Gasteiger partial charge >= 0.3 is 5.97 Å². The zero-order valence-corrected chi connectivity index (χ0v) is 4.37. The van der Waals surface area contributed by atoms with Crippen LogP contribution in [0, 0.1) is 0 Å². The molecule has 1 aromatic heterocycles. The summed E-state index contributed by atoms with van der Waals surface area (Å²) in [5.74, 6) is -1.34. The molecule has 3 N–H and O–H groups in total. The van der Waals surface area contributed by atoms with Crippen LogP contribution in [0.15, 0.2) is 10.8 Å². The lowest BCUT2D eigenvalue weighted by molar-refractivity contribution is 0.0692. The minimum Gasteiger partial charge on any atom is -0.476 e. The summed E-state index contributed by atoms with van der Waals surface area (Å²) in [6.45, 7) is 0. The van der Waals surface area contributed by atoms with Crippen LogP contribution in [0.2, 0.25) is 0 Å². The van der Waals surface area contributed by atoms with Gasteiger partial charge in [0.2, 0.25) is 11.6 Å². The molecule has 9 heavy (non-hydrogen) atoms. The zero-order valence-electron chi connectivity index (χ0n) is 4.37. The van der Waals surface area contributed by atoms with Gasteiger partial charge in [-0.15, -0.1) is 0 Å². The number of nitrogens with zero attached hydrogens (tertiary/aromatic N) is 1. The quantitative estimate of drug-likeness (QED) is 0.553. The van der Waals surface area contributed by atoms with Gasteiger partial charge in [-0.1, -0.05) is 0 Å². The number of nitrogens with two attached hydrogens (primary N) is 1. The second kappa shape index (κ2) is 1.77. The lowest BCUT2D eigenvalue weighted by atomic mass is 10.5. The fourth-order valence-electron chi connectivity index (χ4n) is 0.416. The number of oxazole rings is 1. The Morgan fingerprint density at radius 1 is 1.89 bits per heavy atom.